The lowest BCUT2D eigenvalue weighted by molar-refractivity contribution is -0.128. The van der Waals surface area contributed by atoms with Crippen LogP contribution in [0.2, 0.25) is 0 Å². The van der Waals surface area contributed by atoms with Crippen molar-refractivity contribution in [3.63, 3.8) is 0 Å². The normalized spacial score (nSPS) is 17.5. The van der Waals surface area contributed by atoms with Crippen molar-refractivity contribution in [2.45, 2.75) is 19.4 Å². The van der Waals surface area contributed by atoms with Crippen LogP contribution in [0.25, 0.3) is 0 Å². The molecule has 2 aliphatic heterocycles. The van der Waals surface area contributed by atoms with Gasteiger partial charge >= 0.3 is 0 Å². The van der Waals surface area contributed by atoms with Crippen LogP contribution in [0.4, 0.5) is 11.4 Å². The number of hydrogen-bond donors (Lipinski definition) is 1. The Hall–Kier alpha value is -3.22. The van der Waals surface area contributed by atoms with Gasteiger partial charge in [0.1, 0.15) is 12.3 Å². The monoisotopic (exact) mass is 354 g/mol. The van der Waals surface area contributed by atoms with Gasteiger partial charge in [0.15, 0.2) is 17.6 Å². The van der Waals surface area contributed by atoms with Crippen LogP contribution in [0.15, 0.2) is 42.5 Å². The molecular weight excluding hydrogens is 336 g/mol. The van der Waals surface area contributed by atoms with Gasteiger partial charge in [-0.15, -0.1) is 0 Å². The van der Waals surface area contributed by atoms with Crippen LogP contribution in [-0.2, 0) is 9.59 Å². The molecule has 0 saturated carbocycles. The number of nitrogens with one attached hydrogen (secondary N) is 1. The number of rotatable bonds is 4. The van der Waals surface area contributed by atoms with Crippen LogP contribution in [0.5, 0.6) is 17.2 Å². The molecule has 7 nitrogen and oxygen atoms in total. The fourth-order valence-corrected chi connectivity index (χ4v) is 3.02. The Kier molecular flexibility index (Phi) is 4.12. The number of anilines is 2. The third-order valence-electron chi connectivity index (χ3n) is 4.30. The molecule has 1 atom stereocenters. The molecule has 2 aliphatic rings. The molecule has 0 aliphatic carbocycles. The predicted molar refractivity (Wildman–Crippen MR) is 94.7 cm³/mol. The molecule has 2 heterocycles. The van der Waals surface area contributed by atoms with E-state index < -0.39 is 6.10 Å². The van der Waals surface area contributed by atoms with Crippen molar-refractivity contribution in [3.8, 4) is 17.2 Å². The Morgan fingerprint density at radius 3 is 2.81 bits per heavy atom. The summed E-state index contributed by atoms with van der Waals surface area (Å²) >= 11 is 0. The van der Waals surface area contributed by atoms with Crippen molar-refractivity contribution in [1.82, 2.24) is 0 Å². The van der Waals surface area contributed by atoms with Gasteiger partial charge in [0, 0.05) is 11.8 Å². The van der Waals surface area contributed by atoms with Gasteiger partial charge in [-0.2, -0.15) is 0 Å². The van der Waals surface area contributed by atoms with E-state index in [0.717, 1.165) is 0 Å². The fraction of sp³-hybridized carbons (Fsp3) is 0.263. The number of carbonyl (C=O) groups excluding carboxylic acids is 2. The third kappa shape index (κ3) is 2.92. The molecule has 2 aromatic carbocycles. The van der Waals surface area contributed by atoms with Crippen LogP contribution >= 0.6 is 0 Å². The van der Waals surface area contributed by atoms with E-state index in [0.29, 0.717) is 35.0 Å². The number of fused-ring (bicyclic) bond motifs is 2. The van der Waals surface area contributed by atoms with E-state index in [1.165, 1.54) is 4.90 Å². The highest BCUT2D eigenvalue weighted by atomic mass is 16.7. The molecule has 2 amide bonds. The van der Waals surface area contributed by atoms with Crippen LogP contribution < -0.4 is 24.4 Å². The Bertz CT molecular complexity index is 867. The molecule has 0 fully saturated rings. The maximum Gasteiger partial charge on any atom is 0.268 e. The summed E-state index contributed by atoms with van der Waals surface area (Å²) in [6.45, 7) is 1.95. The Morgan fingerprint density at radius 1 is 1.15 bits per heavy atom. The maximum absolute atomic E-state index is 12.6. The number of carbonyl (C=O) groups is 2. The topological polar surface area (TPSA) is 77.1 Å². The third-order valence-corrected chi connectivity index (χ3v) is 4.30. The van der Waals surface area contributed by atoms with Gasteiger partial charge in [-0.3, -0.25) is 14.5 Å². The zero-order valence-electron chi connectivity index (χ0n) is 14.2. The van der Waals surface area contributed by atoms with Gasteiger partial charge < -0.3 is 19.5 Å². The summed E-state index contributed by atoms with van der Waals surface area (Å²) in [4.78, 5) is 26.6. The Morgan fingerprint density at radius 2 is 1.96 bits per heavy atom. The predicted octanol–water partition coefficient (Wildman–Crippen LogP) is 2.56. The smallest absolute Gasteiger partial charge is 0.268 e. The van der Waals surface area contributed by atoms with Gasteiger partial charge in [-0.1, -0.05) is 19.1 Å². The van der Waals surface area contributed by atoms with E-state index in [1.54, 1.807) is 30.3 Å². The van der Waals surface area contributed by atoms with Crippen molar-refractivity contribution in [3.05, 3.63) is 42.5 Å². The Labute approximate surface area is 150 Å². The largest absolute Gasteiger partial charge is 0.478 e. The van der Waals surface area contributed by atoms with Crippen LogP contribution in [0, 0.1) is 0 Å². The first kappa shape index (κ1) is 16.3. The van der Waals surface area contributed by atoms with Crippen molar-refractivity contribution in [1.29, 1.82) is 0 Å². The summed E-state index contributed by atoms with van der Waals surface area (Å²) in [6.07, 6.45) is -0.0452. The first-order valence-electron chi connectivity index (χ1n) is 8.42. The number of ether oxygens (including phenoxy) is 3. The Balaban J connectivity index is 1.52. The van der Waals surface area contributed by atoms with E-state index in [1.807, 2.05) is 19.1 Å². The van der Waals surface area contributed by atoms with E-state index in [2.05, 4.69) is 5.32 Å². The standard InChI is InChI=1S/C19H18N2O5/c1-2-14-19(23)21(13-5-3-4-6-15(13)26-14)10-18(22)20-12-7-8-16-17(9-12)25-11-24-16/h3-9,14H,2,10-11H2,1H3,(H,20,22). The second-order valence-electron chi connectivity index (χ2n) is 6.02. The first-order valence-corrected chi connectivity index (χ1v) is 8.42. The quantitative estimate of drug-likeness (QED) is 0.913. The minimum absolute atomic E-state index is 0.0931. The van der Waals surface area contributed by atoms with Crippen LogP contribution in [0.3, 0.4) is 0 Å². The summed E-state index contributed by atoms with van der Waals surface area (Å²) in [7, 11) is 0. The highest BCUT2D eigenvalue weighted by Crippen LogP contribution is 2.35. The summed E-state index contributed by atoms with van der Waals surface area (Å²) in [5.41, 5.74) is 1.18. The summed E-state index contributed by atoms with van der Waals surface area (Å²) in [6, 6.07) is 12.4. The van der Waals surface area contributed by atoms with E-state index >= 15 is 0 Å². The van der Waals surface area contributed by atoms with Gasteiger partial charge in [0.25, 0.3) is 5.91 Å². The number of nitrogens with zero attached hydrogens (tertiary/aromatic N) is 1. The molecule has 0 saturated heterocycles. The van der Waals surface area contributed by atoms with Crippen molar-refractivity contribution in [2.24, 2.45) is 0 Å². The SMILES string of the molecule is CCC1Oc2ccccc2N(CC(=O)Nc2ccc3c(c2)OCO3)C1=O. The molecule has 0 aromatic heterocycles. The molecule has 26 heavy (non-hydrogen) atoms. The van der Waals surface area contributed by atoms with Gasteiger partial charge in [0.2, 0.25) is 12.7 Å². The molecule has 2 aromatic rings. The zero-order valence-corrected chi connectivity index (χ0v) is 14.2. The summed E-state index contributed by atoms with van der Waals surface area (Å²) in [5.74, 6) is 1.32. The van der Waals surface area contributed by atoms with Crippen molar-refractivity contribution < 1.29 is 23.8 Å². The minimum Gasteiger partial charge on any atom is -0.478 e. The van der Waals surface area contributed by atoms with Gasteiger partial charge in [-0.05, 0) is 30.7 Å². The average molecular weight is 354 g/mol. The average Bonchev–Trinajstić information content (AvgIpc) is 3.11. The number of para-hydroxylation sites is 2. The zero-order chi connectivity index (χ0) is 18.1. The summed E-state index contributed by atoms with van der Waals surface area (Å²) < 4.78 is 16.3. The lowest BCUT2D eigenvalue weighted by atomic mass is 10.1. The highest BCUT2D eigenvalue weighted by Gasteiger charge is 2.34. The molecule has 0 spiro atoms. The number of benzene rings is 2. The van der Waals surface area contributed by atoms with Gasteiger partial charge in [-0.25, -0.2) is 0 Å². The lowest BCUT2D eigenvalue weighted by Gasteiger charge is -2.33. The van der Waals surface area contributed by atoms with E-state index in [9.17, 15) is 9.59 Å². The molecule has 134 valence electrons. The minimum atomic E-state index is -0.580. The maximum atomic E-state index is 12.6. The molecule has 4 rings (SSSR count). The van der Waals surface area contributed by atoms with Crippen molar-refractivity contribution >= 4 is 23.2 Å². The van der Waals surface area contributed by atoms with Crippen molar-refractivity contribution in [2.75, 3.05) is 23.6 Å². The van der Waals surface area contributed by atoms with E-state index in [-0.39, 0.29) is 25.2 Å². The van der Waals surface area contributed by atoms with Gasteiger partial charge in [0.05, 0.1) is 5.69 Å². The molecule has 7 heteroatoms. The molecule has 0 bridgehead atoms. The van der Waals surface area contributed by atoms with Crippen LogP contribution in [-0.4, -0.2) is 31.3 Å². The second kappa shape index (κ2) is 6.59. The molecule has 1 N–H and O–H groups in total. The van der Waals surface area contributed by atoms with Crippen LogP contribution in [0.1, 0.15) is 13.3 Å². The second-order valence-corrected chi connectivity index (χ2v) is 6.02. The number of amides is 2. The number of hydrogen-bond acceptors (Lipinski definition) is 5. The molecule has 0 radical (unpaired) electrons. The summed E-state index contributed by atoms with van der Waals surface area (Å²) in [5, 5.41) is 2.79. The fourth-order valence-electron chi connectivity index (χ4n) is 3.02. The first-order chi connectivity index (χ1) is 12.7. The lowest BCUT2D eigenvalue weighted by Crippen LogP contribution is -2.48. The van der Waals surface area contributed by atoms with E-state index in [4.69, 9.17) is 14.2 Å². The molecular formula is C19H18N2O5. The molecule has 1 unspecified atom stereocenters. The highest BCUT2D eigenvalue weighted by molar-refractivity contribution is 6.06.